The van der Waals surface area contributed by atoms with Gasteiger partial charge in [0.25, 0.3) is 11.8 Å². The summed E-state index contributed by atoms with van der Waals surface area (Å²) in [7, 11) is 1.44. The molecule has 0 unspecified atom stereocenters. The van der Waals surface area contributed by atoms with Gasteiger partial charge in [0.05, 0.1) is 31.4 Å². The number of hydrogen-bond acceptors (Lipinski definition) is 9. The highest BCUT2D eigenvalue weighted by Gasteiger charge is 2.74. The molecule has 4 atom stereocenters. The van der Waals surface area contributed by atoms with Crippen molar-refractivity contribution in [3.05, 3.63) is 53.2 Å². The van der Waals surface area contributed by atoms with Gasteiger partial charge in [0.15, 0.2) is 17.6 Å². The van der Waals surface area contributed by atoms with Gasteiger partial charge in [-0.05, 0) is 24.0 Å². The first kappa shape index (κ1) is 28.5. The third-order valence-electron chi connectivity index (χ3n) is 8.81. The molecule has 0 saturated carbocycles. The summed E-state index contributed by atoms with van der Waals surface area (Å²) in [5, 5.41) is 54.7. The molecule has 15 nitrogen and oxygen atoms in total. The van der Waals surface area contributed by atoms with Gasteiger partial charge < -0.3 is 51.2 Å². The van der Waals surface area contributed by atoms with Crippen LogP contribution >= 0.6 is 0 Å². The van der Waals surface area contributed by atoms with Crippen LogP contribution in [0.4, 0.5) is 0 Å². The van der Waals surface area contributed by atoms with Crippen LogP contribution in [0.2, 0.25) is 0 Å². The van der Waals surface area contributed by atoms with Gasteiger partial charge in [-0.3, -0.25) is 20.4 Å². The summed E-state index contributed by atoms with van der Waals surface area (Å²) in [5.41, 5.74) is -0.740. The van der Waals surface area contributed by atoms with E-state index in [4.69, 9.17) is 20.3 Å². The van der Waals surface area contributed by atoms with E-state index in [2.05, 4.69) is 45.4 Å². The Balaban J connectivity index is 1.25. The number of aromatic nitrogens is 1. The van der Waals surface area contributed by atoms with Crippen molar-refractivity contribution < 1.29 is 29.3 Å². The minimum absolute atomic E-state index is 0.0568. The standard InChI is InChI=1S/C28H35N9O6/c1-26(2)10-11-43-20-14(6-4-7-15(20)26)22(38)34-18-13-37-25(30)33-17(21-27(37,28(18,40)41)36-24(29)35-21)12-31-23(39)16-8-5-9-19(32-16)42-3/h4-9,17-18,21,40-41H,10-13H2,1-3H3,(H2,30,33)(H,31,39)(H,34,38)(H3,29,35,36)/t17-,18-,21-,27-/m0/s1. The fourth-order valence-corrected chi connectivity index (χ4v) is 6.48. The predicted octanol–water partition coefficient (Wildman–Crippen LogP) is -1.23. The van der Waals surface area contributed by atoms with Crippen LogP contribution in [0, 0.1) is 10.8 Å². The molecule has 2 aromatic rings. The third kappa shape index (κ3) is 4.38. The second kappa shape index (κ2) is 9.98. The number of aliphatic hydroxyl groups is 2. The molecule has 6 rings (SSSR count). The second-order valence-electron chi connectivity index (χ2n) is 11.8. The van der Waals surface area contributed by atoms with Gasteiger partial charge in [-0.2, -0.15) is 0 Å². The van der Waals surface area contributed by atoms with Crippen LogP contribution in [0.25, 0.3) is 0 Å². The number of guanidine groups is 2. The van der Waals surface area contributed by atoms with Gasteiger partial charge in [-0.25, -0.2) is 4.98 Å². The number of carbonyl (C=O) groups excluding carboxylic acids is 2. The molecule has 1 spiro atoms. The average molecular weight is 594 g/mol. The van der Waals surface area contributed by atoms with Crippen molar-refractivity contribution in [2.24, 2.45) is 0 Å². The lowest BCUT2D eigenvalue weighted by atomic mass is 9.79. The molecule has 3 saturated heterocycles. The molecule has 3 fully saturated rings. The van der Waals surface area contributed by atoms with Gasteiger partial charge in [0.1, 0.15) is 17.5 Å². The number of methoxy groups -OCH3 is 1. The maximum Gasteiger partial charge on any atom is 0.270 e. The largest absolute Gasteiger partial charge is 0.492 e. The summed E-state index contributed by atoms with van der Waals surface area (Å²) in [6.45, 7) is 4.39. The maximum atomic E-state index is 13.6. The Labute approximate surface area is 247 Å². The van der Waals surface area contributed by atoms with E-state index in [1.165, 1.54) is 18.1 Å². The van der Waals surface area contributed by atoms with Gasteiger partial charge in [-0.15, -0.1) is 0 Å². The van der Waals surface area contributed by atoms with Crippen molar-refractivity contribution in [1.29, 1.82) is 10.8 Å². The zero-order valence-corrected chi connectivity index (χ0v) is 23.9. The van der Waals surface area contributed by atoms with Crippen molar-refractivity contribution >= 4 is 23.7 Å². The number of hydrogen-bond donors (Lipinski definition) is 9. The summed E-state index contributed by atoms with van der Waals surface area (Å²) in [6.07, 6.45) is 0.792. The van der Waals surface area contributed by atoms with E-state index in [-0.39, 0.29) is 47.6 Å². The number of fused-ring (bicyclic) bond motifs is 1. The Morgan fingerprint density at radius 2 is 1.93 bits per heavy atom. The summed E-state index contributed by atoms with van der Waals surface area (Å²) < 4.78 is 11.0. The topological polar surface area (TPSA) is 217 Å². The van der Waals surface area contributed by atoms with Crippen LogP contribution in [0.15, 0.2) is 36.4 Å². The van der Waals surface area contributed by atoms with Crippen molar-refractivity contribution in [3.63, 3.8) is 0 Å². The van der Waals surface area contributed by atoms with Crippen LogP contribution in [-0.2, 0) is 5.41 Å². The smallest absolute Gasteiger partial charge is 0.270 e. The molecule has 0 bridgehead atoms. The molecule has 1 aromatic heterocycles. The van der Waals surface area contributed by atoms with E-state index >= 15 is 0 Å². The van der Waals surface area contributed by atoms with E-state index in [0.717, 1.165) is 12.0 Å². The Bertz CT molecular complexity index is 1510. The van der Waals surface area contributed by atoms with Gasteiger partial charge in [0.2, 0.25) is 11.7 Å². The normalized spacial score (nSPS) is 27.7. The first-order valence-corrected chi connectivity index (χ1v) is 14.0. The molecule has 4 aliphatic heterocycles. The number of nitrogens with zero attached hydrogens (tertiary/aromatic N) is 2. The number of pyridine rings is 1. The van der Waals surface area contributed by atoms with E-state index in [1.807, 2.05) is 6.07 Å². The van der Waals surface area contributed by atoms with Crippen molar-refractivity contribution in [3.8, 4) is 11.6 Å². The molecule has 0 aliphatic carbocycles. The highest BCUT2D eigenvalue weighted by molar-refractivity contribution is 5.98. The van der Waals surface area contributed by atoms with E-state index in [0.29, 0.717) is 12.4 Å². The summed E-state index contributed by atoms with van der Waals surface area (Å²) in [5.74, 6) is -3.38. The van der Waals surface area contributed by atoms with Crippen molar-refractivity contribution in [1.82, 2.24) is 36.5 Å². The van der Waals surface area contributed by atoms with Gasteiger partial charge in [-0.1, -0.05) is 32.0 Å². The van der Waals surface area contributed by atoms with E-state index < -0.39 is 41.4 Å². The van der Waals surface area contributed by atoms with Crippen molar-refractivity contribution in [2.45, 2.75) is 55.3 Å². The summed E-state index contributed by atoms with van der Waals surface area (Å²) in [6, 6.07) is 7.12. The van der Waals surface area contributed by atoms with Crippen LogP contribution in [0.1, 0.15) is 46.7 Å². The molecular formula is C28H35N9O6. The number of amides is 2. The minimum atomic E-state index is -2.66. The number of ether oxygens (including phenoxy) is 2. The fraction of sp³-hybridized carbons (Fsp3) is 0.464. The first-order chi connectivity index (χ1) is 20.4. The van der Waals surface area contributed by atoms with Crippen LogP contribution in [0.5, 0.6) is 11.6 Å². The number of para-hydroxylation sites is 1. The number of nitrogens with one attached hydrogen (secondary N) is 7. The Hall–Kier alpha value is -4.63. The molecule has 1 aromatic carbocycles. The van der Waals surface area contributed by atoms with E-state index in [1.54, 1.807) is 24.3 Å². The van der Waals surface area contributed by atoms with Crippen LogP contribution in [0.3, 0.4) is 0 Å². The summed E-state index contributed by atoms with van der Waals surface area (Å²) >= 11 is 0. The molecule has 9 N–H and O–H groups in total. The van der Waals surface area contributed by atoms with Crippen LogP contribution < -0.4 is 36.1 Å². The minimum Gasteiger partial charge on any atom is -0.492 e. The second-order valence-corrected chi connectivity index (χ2v) is 11.8. The average Bonchev–Trinajstić information content (AvgIpc) is 3.45. The zero-order chi connectivity index (χ0) is 30.7. The SMILES string of the molecule is COc1cccc(C(=O)NC[C@@H]2NC(=N)N3C[C@H](NC(=O)c4cccc5c4OCCC5(C)C)C(O)(O)[C@@]34NC(=N)N[C@@H]24)n1. The zero-order valence-electron chi connectivity index (χ0n) is 23.9. The number of rotatable bonds is 6. The molecule has 43 heavy (non-hydrogen) atoms. The highest BCUT2D eigenvalue weighted by atomic mass is 16.5. The Morgan fingerprint density at radius 1 is 1.16 bits per heavy atom. The van der Waals surface area contributed by atoms with Crippen molar-refractivity contribution in [2.75, 3.05) is 26.8 Å². The fourth-order valence-electron chi connectivity index (χ4n) is 6.48. The molecule has 0 radical (unpaired) electrons. The Morgan fingerprint density at radius 3 is 2.70 bits per heavy atom. The predicted molar refractivity (Wildman–Crippen MR) is 153 cm³/mol. The monoisotopic (exact) mass is 593 g/mol. The number of carbonyl (C=O) groups is 2. The van der Waals surface area contributed by atoms with Gasteiger partial charge in [0, 0.05) is 24.7 Å². The summed E-state index contributed by atoms with van der Waals surface area (Å²) in [4.78, 5) is 31.9. The first-order valence-electron chi connectivity index (χ1n) is 14.0. The Kier molecular flexibility index (Phi) is 6.61. The molecule has 5 heterocycles. The lowest BCUT2D eigenvalue weighted by Gasteiger charge is -2.51. The molecular weight excluding hydrogens is 558 g/mol. The highest BCUT2D eigenvalue weighted by Crippen LogP contribution is 2.44. The molecule has 4 aliphatic rings. The van der Waals surface area contributed by atoms with E-state index in [9.17, 15) is 19.8 Å². The third-order valence-corrected chi connectivity index (χ3v) is 8.81. The van der Waals surface area contributed by atoms with Gasteiger partial charge >= 0.3 is 0 Å². The molecule has 15 heteroatoms. The quantitative estimate of drug-likeness (QED) is 0.181. The number of benzene rings is 1. The molecule has 228 valence electrons. The lowest BCUT2D eigenvalue weighted by molar-refractivity contribution is -0.232. The van der Waals surface area contributed by atoms with Crippen LogP contribution in [-0.4, -0.2) is 100 Å². The molecule has 2 amide bonds. The lowest BCUT2D eigenvalue weighted by Crippen LogP contribution is -2.81. The maximum absolute atomic E-state index is 13.6.